The van der Waals surface area contributed by atoms with Gasteiger partial charge in [-0.2, -0.15) is 0 Å². The fourth-order valence-corrected chi connectivity index (χ4v) is 2.52. The lowest BCUT2D eigenvalue weighted by Gasteiger charge is -2.04. The number of carboxylic acid groups (broad SMARTS) is 1. The molecule has 0 bridgehead atoms. The summed E-state index contributed by atoms with van der Waals surface area (Å²) in [5, 5.41) is 10.3. The lowest BCUT2D eigenvalue weighted by molar-refractivity contribution is -0.137. The normalized spacial score (nSPS) is 12.4. The van der Waals surface area contributed by atoms with Crippen molar-refractivity contribution in [1.29, 1.82) is 0 Å². The van der Waals surface area contributed by atoms with Crippen LogP contribution in [-0.4, -0.2) is 16.9 Å². The maximum absolute atomic E-state index is 11.6. The van der Waals surface area contributed by atoms with Crippen LogP contribution in [0.25, 0.3) is 0 Å². The molecule has 0 saturated carbocycles. The van der Waals surface area contributed by atoms with E-state index in [1.807, 2.05) is 0 Å². The Labute approximate surface area is 93.9 Å². The Morgan fingerprint density at radius 3 is 2.71 bits per heavy atom. The van der Waals surface area contributed by atoms with Crippen LogP contribution in [0.1, 0.15) is 23.0 Å². The van der Waals surface area contributed by atoms with Gasteiger partial charge in [-0.25, -0.2) is 0 Å². The van der Waals surface area contributed by atoms with Crippen molar-refractivity contribution in [2.45, 2.75) is 13.3 Å². The smallest absolute Gasteiger partial charge is 0.304 e. The Balaban J connectivity index is 2.70. The summed E-state index contributed by atoms with van der Waals surface area (Å²) in [6.07, 6.45) is -0.117. The fourth-order valence-electron chi connectivity index (χ4n) is 1.04. The topological polar surface area (TPSA) is 54.4 Å². The Morgan fingerprint density at radius 2 is 2.29 bits per heavy atom. The summed E-state index contributed by atoms with van der Waals surface area (Å²) < 4.78 is 0.855. The number of carbonyl (C=O) groups excluding carboxylic acids is 1. The number of ketones is 1. The predicted molar refractivity (Wildman–Crippen MR) is 57.8 cm³/mol. The maximum atomic E-state index is 11.6. The molecule has 1 unspecified atom stereocenters. The van der Waals surface area contributed by atoms with Gasteiger partial charge in [0.1, 0.15) is 0 Å². The Kier molecular flexibility index (Phi) is 3.83. The quantitative estimate of drug-likeness (QED) is 0.861. The van der Waals surface area contributed by atoms with Crippen molar-refractivity contribution in [3.05, 3.63) is 20.8 Å². The molecule has 0 spiro atoms. The van der Waals surface area contributed by atoms with Crippen LogP contribution in [0.3, 0.4) is 0 Å². The van der Waals surface area contributed by atoms with Crippen molar-refractivity contribution in [2.75, 3.05) is 0 Å². The molecule has 1 aromatic heterocycles. The van der Waals surface area contributed by atoms with Crippen LogP contribution in [0.4, 0.5) is 0 Å². The molecule has 1 heterocycles. The molecule has 76 valence electrons. The summed E-state index contributed by atoms with van der Waals surface area (Å²) in [5.41, 5.74) is 0. The van der Waals surface area contributed by atoms with Gasteiger partial charge in [0.05, 0.1) is 11.3 Å². The molecule has 0 aliphatic rings. The van der Waals surface area contributed by atoms with Gasteiger partial charge in [0, 0.05) is 15.8 Å². The summed E-state index contributed by atoms with van der Waals surface area (Å²) in [4.78, 5) is 22.6. The van der Waals surface area contributed by atoms with Crippen molar-refractivity contribution in [1.82, 2.24) is 0 Å². The van der Waals surface area contributed by atoms with E-state index in [4.69, 9.17) is 5.11 Å². The maximum Gasteiger partial charge on any atom is 0.304 e. The SMILES string of the molecule is CC(CC(=O)O)C(=O)c1cc(Br)cs1. The van der Waals surface area contributed by atoms with Gasteiger partial charge in [-0.3, -0.25) is 9.59 Å². The number of halogens is 1. The molecule has 14 heavy (non-hydrogen) atoms. The average molecular weight is 277 g/mol. The molecule has 0 aliphatic carbocycles. The first-order valence-electron chi connectivity index (χ1n) is 4.00. The lowest BCUT2D eigenvalue weighted by Crippen LogP contribution is -2.14. The Bertz CT molecular complexity index is 359. The fraction of sp³-hybridized carbons (Fsp3) is 0.333. The van der Waals surface area contributed by atoms with Crippen LogP contribution in [-0.2, 0) is 4.79 Å². The van der Waals surface area contributed by atoms with E-state index in [0.717, 1.165) is 4.47 Å². The third-order valence-corrected chi connectivity index (χ3v) is 3.44. The van der Waals surface area contributed by atoms with Crippen molar-refractivity contribution >= 4 is 39.0 Å². The Hall–Kier alpha value is -0.680. The second kappa shape index (κ2) is 4.70. The molecular weight excluding hydrogens is 268 g/mol. The van der Waals surface area contributed by atoms with E-state index in [2.05, 4.69) is 15.9 Å². The van der Waals surface area contributed by atoms with Gasteiger partial charge in [-0.05, 0) is 22.0 Å². The van der Waals surface area contributed by atoms with Gasteiger partial charge in [0.25, 0.3) is 0 Å². The number of carbonyl (C=O) groups is 2. The summed E-state index contributed by atoms with van der Waals surface area (Å²) in [7, 11) is 0. The largest absolute Gasteiger partial charge is 0.481 e. The average Bonchev–Trinajstić information content (AvgIpc) is 2.49. The van der Waals surface area contributed by atoms with Crippen LogP contribution < -0.4 is 0 Å². The highest BCUT2D eigenvalue weighted by atomic mass is 79.9. The molecule has 1 rings (SSSR count). The molecule has 1 atom stereocenters. The van der Waals surface area contributed by atoms with Crippen LogP contribution in [0.15, 0.2) is 15.9 Å². The second-order valence-electron chi connectivity index (χ2n) is 2.99. The van der Waals surface area contributed by atoms with E-state index in [0.29, 0.717) is 4.88 Å². The summed E-state index contributed by atoms with van der Waals surface area (Å²) in [5.74, 6) is -1.51. The number of Topliss-reactive ketones (excluding diaryl/α,β-unsaturated/α-hetero) is 1. The first-order chi connectivity index (χ1) is 6.50. The molecule has 0 aromatic carbocycles. The number of hydrogen-bond acceptors (Lipinski definition) is 3. The zero-order valence-electron chi connectivity index (χ0n) is 7.49. The van der Waals surface area contributed by atoms with Crippen molar-refractivity contribution in [2.24, 2.45) is 5.92 Å². The minimum absolute atomic E-state index is 0.108. The van der Waals surface area contributed by atoms with Crippen LogP contribution in [0.2, 0.25) is 0 Å². The van der Waals surface area contributed by atoms with Crippen molar-refractivity contribution in [3.8, 4) is 0 Å². The molecule has 0 amide bonds. The molecule has 1 aromatic rings. The first kappa shape index (κ1) is 11.4. The van der Waals surface area contributed by atoms with Crippen molar-refractivity contribution in [3.63, 3.8) is 0 Å². The third-order valence-electron chi connectivity index (χ3n) is 1.74. The number of rotatable bonds is 4. The first-order valence-corrected chi connectivity index (χ1v) is 5.68. The van der Waals surface area contributed by atoms with Gasteiger partial charge in [0.2, 0.25) is 0 Å². The third kappa shape index (κ3) is 2.92. The highest BCUT2D eigenvalue weighted by Gasteiger charge is 2.19. The van der Waals surface area contributed by atoms with E-state index in [1.54, 1.807) is 18.4 Å². The van der Waals surface area contributed by atoms with Crippen LogP contribution in [0, 0.1) is 5.92 Å². The highest BCUT2D eigenvalue weighted by molar-refractivity contribution is 9.10. The van der Waals surface area contributed by atoms with Gasteiger partial charge in [-0.1, -0.05) is 6.92 Å². The van der Waals surface area contributed by atoms with Gasteiger partial charge in [-0.15, -0.1) is 11.3 Å². The number of hydrogen-bond donors (Lipinski definition) is 1. The molecule has 0 saturated heterocycles. The van der Waals surface area contributed by atoms with Gasteiger partial charge in [0.15, 0.2) is 5.78 Å². The van der Waals surface area contributed by atoms with Crippen LogP contribution in [0.5, 0.6) is 0 Å². The van der Waals surface area contributed by atoms with E-state index >= 15 is 0 Å². The predicted octanol–water partition coefficient (Wildman–Crippen LogP) is 2.80. The van der Waals surface area contributed by atoms with E-state index in [9.17, 15) is 9.59 Å². The summed E-state index contributed by atoms with van der Waals surface area (Å²) in [6, 6.07) is 1.71. The zero-order chi connectivity index (χ0) is 10.7. The molecule has 5 heteroatoms. The number of aliphatic carboxylic acids is 1. The molecule has 3 nitrogen and oxygen atoms in total. The molecule has 0 fully saturated rings. The number of thiophene rings is 1. The van der Waals surface area contributed by atoms with Gasteiger partial charge < -0.3 is 5.11 Å². The highest BCUT2D eigenvalue weighted by Crippen LogP contribution is 2.23. The van der Waals surface area contributed by atoms with Crippen molar-refractivity contribution < 1.29 is 14.7 Å². The lowest BCUT2D eigenvalue weighted by atomic mass is 10.0. The minimum atomic E-state index is -0.943. The minimum Gasteiger partial charge on any atom is -0.481 e. The zero-order valence-corrected chi connectivity index (χ0v) is 9.89. The summed E-state index contributed by atoms with van der Waals surface area (Å²) >= 11 is 4.57. The van der Waals surface area contributed by atoms with Gasteiger partial charge >= 0.3 is 5.97 Å². The standard InChI is InChI=1S/C9H9BrO3S/c1-5(2-8(11)12)9(13)7-3-6(10)4-14-7/h3-5H,2H2,1H3,(H,11,12). The molecular formula is C9H9BrO3S. The van der Waals surface area contributed by atoms with E-state index in [-0.39, 0.29) is 12.2 Å². The second-order valence-corrected chi connectivity index (χ2v) is 4.82. The number of carboxylic acids is 1. The Morgan fingerprint density at radius 1 is 1.64 bits per heavy atom. The summed E-state index contributed by atoms with van der Waals surface area (Å²) in [6.45, 7) is 1.63. The molecule has 1 N–H and O–H groups in total. The van der Waals surface area contributed by atoms with Crippen LogP contribution >= 0.6 is 27.3 Å². The molecule has 0 aliphatic heterocycles. The van der Waals surface area contributed by atoms with E-state index < -0.39 is 11.9 Å². The monoisotopic (exact) mass is 276 g/mol. The van der Waals surface area contributed by atoms with E-state index in [1.165, 1.54) is 11.3 Å². The molecule has 0 radical (unpaired) electrons.